The van der Waals surface area contributed by atoms with Crippen LogP contribution in [0.15, 0.2) is 36.5 Å². The number of nitrogens with one attached hydrogen (secondary N) is 2. The highest BCUT2D eigenvalue weighted by molar-refractivity contribution is 5.99. The molecule has 1 heterocycles. The minimum atomic E-state index is -0.216. The molecular weight excluding hydrogens is 278 g/mol. The molecule has 5 nitrogen and oxygen atoms in total. The molecule has 0 fully saturated rings. The lowest BCUT2D eigenvalue weighted by atomic mass is 10.2. The van der Waals surface area contributed by atoms with Crippen molar-refractivity contribution in [1.82, 2.24) is 10.3 Å². The fraction of sp³-hybridized carbons (Fsp3) is 0.412. The number of hydrogen-bond acceptors (Lipinski definition) is 3. The molecule has 2 N–H and O–H groups in total. The number of carbonyl (C=O) groups is 1. The average molecular weight is 301 g/mol. The third-order valence-electron chi connectivity index (χ3n) is 3.27. The van der Waals surface area contributed by atoms with Crippen LogP contribution in [0.4, 0.5) is 10.5 Å². The molecule has 1 aromatic heterocycles. The molecule has 118 valence electrons. The van der Waals surface area contributed by atoms with E-state index in [-0.39, 0.29) is 6.03 Å². The first-order valence-corrected chi connectivity index (χ1v) is 7.77. The van der Waals surface area contributed by atoms with Crippen LogP contribution in [0.5, 0.6) is 0 Å². The van der Waals surface area contributed by atoms with Gasteiger partial charge in [0.2, 0.25) is 0 Å². The highest BCUT2D eigenvalue weighted by Crippen LogP contribution is 2.20. The van der Waals surface area contributed by atoms with E-state index in [1.54, 1.807) is 6.20 Å². The number of para-hydroxylation sites is 1. The van der Waals surface area contributed by atoms with E-state index < -0.39 is 0 Å². The molecule has 0 spiro atoms. The quantitative estimate of drug-likeness (QED) is 0.733. The first-order valence-electron chi connectivity index (χ1n) is 7.77. The van der Waals surface area contributed by atoms with Crippen molar-refractivity contribution >= 4 is 22.6 Å². The van der Waals surface area contributed by atoms with Crippen LogP contribution in [0.3, 0.4) is 0 Å². The van der Waals surface area contributed by atoms with Crippen molar-refractivity contribution in [3.8, 4) is 0 Å². The number of ether oxygens (including phenoxy) is 1. The average Bonchev–Trinajstić information content (AvgIpc) is 2.54. The van der Waals surface area contributed by atoms with E-state index >= 15 is 0 Å². The van der Waals surface area contributed by atoms with E-state index in [2.05, 4.69) is 22.5 Å². The first-order chi connectivity index (χ1) is 10.8. The summed E-state index contributed by atoms with van der Waals surface area (Å²) in [4.78, 5) is 16.2. The first kappa shape index (κ1) is 16.2. The van der Waals surface area contributed by atoms with Crippen LogP contribution in [-0.2, 0) is 4.74 Å². The number of carbonyl (C=O) groups excluding carboxylic acids is 1. The van der Waals surface area contributed by atoms with Gasteiger partial charge in [0.1, 0.15) is 0 Å². The fourth-order valence-corrected chi connectivity index (χ4v) is 2.10. The van der Waals surface area contributed by atoms with Gasteiger partial charge in [0.15, 0.2) is 0 Å². The number of pyridine rings is 1. The topological polar surface area (TPSA) is 63.2 Å². The summed E-state index contributed by atoms with van der Waals surface area (Å²) in [6.07, 6.45) is 4.76. The van der Waals surface area contributed by atoms with Gasteiger partial charge in [-0.2, -0.15) is 0 Å². The molecule has 0 aliphatic heterocycles. The van der Waals surface area contributed by atoms with Crippen LogP contribution in [0.25, 0.3) is 10.9 Å². The summed E-state index contributed by atoms with van der Waals surface area (Å²) in [7, 11) is 0. The molecule has 2 aromatic rings. The van der Waals surface area contributed by atoms with Gasteiger partial charge >= 0.3 is 6.03 Å². The molecule has 0 radical (unpaired) electrons. The minimum absolute atomic E-state index is 0.216. The highest BCUT2D eigenvalue weighted by Gasteiger charge is 2.05. The second-order valence-corrected chi connectivity index (χ2v) is 5.08. The second-order valence-electron chi connectivity index (χ2n) is 5.08. The van der Waals surface area contributed by atoms with Crippen molar-refractivity contribution in [2.45, 2.75) is 26.2 Å². The van der Waals surface area contributed by atoms with Gasteiger partial charge in [0, 0.05) is 31.3 Å². The Morgan fingerprint density at radius 3 is 2.86 bits per heavy atom. The Labute approximate surface area is 131 Å². The van der Waals surface area contributed by atoms with Crippen molar-refractivity contribution in [2.75, 3.05) is 25.1 Å². The van der Waals surface area contributed by atoms with Gasteiger partial charge in [-0.3, -0.25) is 4.98 Å². The number of benzene rings is 1. The Morgan fingerprint density at radius 1 is 1.18 bits per heavy atom. The Bertz CT molecular complexity index is 596. The third-order valence-corrected chi connectivity index (χ3v) is 3.27. The Balaban J connectivity index is 1.75. The normalized spacial score (nSPS) is 10.6. The maximum atomic E-state index is 11.9. The maximum Gasteiger partial charge on any atom is 0.319 e. The lowest BCUT2D eigenvalue weighted by Gasteiger charge is -2.09. The minimum Gasteiger partial charge on any atom is -0.381 e. The molecule has 0 bridgehead atoms. The van der Waals surface area contributed by atoms with E-state index in [4.69, 9.17) is 4.74 Å². The van der Waals surface area contributed by atoms with Gasteiger partial charge in [0.25, 0.3) is 0 Å². The fourth-order valence-electron chi connectivity index (χ4n) is 2.10. The van der Waals surface area contributed by atoms with Crippen LogP contribution in [0.1, 0.15) is 26.2 Å². The van der Waals surface area contributed by atoms with Crippen molar-refractivity contribution in [3.05, 3.63) is 36.5 Å². The van der Waals surface area contributed by atoms with Crippen molar-refractivity contribution in [2.24, 2.45) is 0 Å². The molecular formula is C17H23N3O2. The van der Waals surface area contributed by atoms with E-state index in [0.717, 1.165) is 42.5 Å². The maximum absolute atomic E-state index is 11.9. The van der Waals surface area contributed by atoms with Crippen LogP contribution in [-0.4, -0.2) is 30.8 Å². The number of anilines is 1. The van der Waals surface area contributed by atoms with Crippen LogP contribution in [0.2, 0.25) is 0 Å². The monoisotopic (exact) mass is 301 g/mol. The van der Waals surface area contributed by atoms with Crippen molar-refractivity contribution < 1.29 is 9.53 Å². The van der Waals surface area contributed by atoms with Gasteiger partial charge in [-0.05, 0) is 25.0 Å². The molecule has 0 unspecified atom stereocenters. The molecule has 1 aromatic carbocycles. The number of nitrogens with zero attached hydrogens (tertiary/aromatic N) is 1. The number of fused-ring (bicyclic) bond motifs is 1. The molecule has 0 aliphatic carbocycles. The molecule has 2 amide bonds. The van der Waals surface area contributed by atoms with E-state index in [1.165, 1.54) is 0 Å². The molecule has 0 saturated carbocycles. The molecule has 0 aliphatic rings. The van der Waals surface area contributed by atoms with Crippen LogP contribution >= 0.6 is 0 Å². The molecule has 0 atom stereocenters. The largest absolute Gasteiger partial charge is 0.381 e. The van der Waals surface area contributed by atoms with Gasteiger partial charge < -0.3 is 15.4 Å². The third kappa shape index (κ3) is 5.00. The Morgan fingerprint density at radius 2 is 2.00 bits per heavy atom. The van der Waals surface area contributed by atoms with E-state index in [1.807, 2.05) is 30.3 Å². The predicted octanol–water partition coefficient (Wildman–Crippen LogP) is 3.56. The lowest BCUT2D eigenvalue weighted by Crippen LogP contribution is -2.30. The Hall–Kier alpha value is -2.14. The summed E-state index contributed by atoms with van der Waals surface area (Å²) in [5.74, 6) is 0. The summed E-state index contributed by atoms with van der Waals surface area (Å²) in [6.45, 7) is 4.20. The van der Waals surface area contributed by atoms with Crippen molar-refractivity contribution in [3.63, 3.8) is 0 Å². The highest BCUT2D eigenvalue weighted by atomic mass is 16.5. The smallest absolute Gasteiger partial charge is 0.319 e. The zero-order chi connectivity index (χ0) is 15.6. The Kier molecular flexibility index (Phi) is 6.64. The molecule has 5 heteroatoms. The molecule has 22 heavy (non-hydrogen) atoms. The number of hydrogen-bond donors (Lipinski definition) is 2. The summed E-state index contributed by atoms with van der Waals surface area (Å²) in [6, 6.07) is 9.36. The number of urea groups is 1. The van der Waals surface area contributed by atoms with Gasteiger partial charge in [-0.15, -0.1) is 0 Å². The van der Waals surface area contributed by atoms with Gasteiger partial charge in [-0.1, -0.05) is 31.5 Å². The number of aromatic nitrogens is 1. The van der Waals surface area contributed by atoms with E-state index in [9.17, 15) is 4.79 Å². The number of amides is 2. The number of rotatable bonds is 8. The summed E-state index contributed by atoms with van der Waals surface area (Å²) in [5, 5.41) is 6.68. The van der Waals surface area contributed by atoms with Gasteiger partial charge in [-0.25, -0.2) is 4.79 Å². The predicted molar refractivity (Wildman–Crippen MR) is 89.1 cm³/mol. The van der Waals surface area contributed by atoms with Crippen molar-refractivity contribution in [1.29, 1.82) is 0 Å². The summed E-state index contributed by atoms with van der Waals surface area (Å²) >= 11 is 0. The number of unbranched alkanes of at least 4 members (excludes halogenated alkanes) is 1. The summed E-state index contributed by atoms with van der Waals surface area (Å²) < 4.78 is 5.45. The summed E-state index contributed by atoms with van der Waals surface area (Å²) in [5.41, 5.74) is 1.51. The second kappa shape index (κ2) is 9.00. The lowest BCUT2D eigenvalue weighted by molar-refractivity contribution is 0.129. The van der Waals surface area contributed by atoms with E-state index in [0.29, 0.717) is 13.2 Å². The zero-order valence-electron chi connectivity index (χ0n) is 13.0. The van der Waals surface area contributed by atoms with Crippen LogP contribution in [0, 0.1) is 0 Å². The SMILES string of the molecule is CCCCOCCCNC(=O)Nc1cccc2cccnc12. The zero-order valence-corrected chi connectivity index (χ0v) is 13.0. The van der Waals surface area contributed by atoms with Gasteiger partial charge in [0.05, 0.1) is 11.2 Å². The molecule has 0 saturated heterocycles. The van der Waals surface area contributed by atoms with Crippen LogP contribution < -0.4 is 10.6 Å². The molecule has 2 rings (SSSR count). The standard InChI is InChI=1S/C17H23N3O2/c1-2-3-12-22-13-6-11-19-17(21)20-15-9-4-7-14-8-5-10-18-16(14)15/h4-5,7-10H,2-3,6,11-13H2,1H3,(H2,19,20,21).